The van der Waals surface area contributed by atoms with Gasteiger partial charge in [-0.05, 0) is 25.0 Å². The Morgan fingerprint density at radius 1 is 1.30 bits per heavy atom. The summed E-state index contributed by atoms with van der Waals surface area (Å²) in [5, 5.41) is 19.2. The van der Waals surface area contributed by atoms with Crippen LogP contribution in [0.5, 0.6) is 0 Å². The standard InChI is InChI=1S/C16H20N4O3/c21-10-16(5-7-23-8-6-16)9-17-15(22)13-3-1-12(2-4-13)14-18-11-19-20-14/h1-4,11,21H,5-10H2,(H,17,22)(H,18,19,20). The average Bonchev–Trinajstić information content (AvgIpc) is 3.15. The lowest BCUT2D eigenvalue weighted by atomic mass is 9.81. The van der Waals surface area contributed by atoms with Gasteiger partial charge in [-0.25, -0.2) is 4.98 Å². The van der Waals surface area contributed by atoms with Gasteiger partial charge in [-0.15, -0.1) is 0 Å². The van der Waals surface area contributed by atoms with Crippen LogP contribution < -0.4 is 5.32 Å². The molecule has 1 aliphatic rings. The van der Waals surface area contributed by atoms with Crippen LogP contribution in [-0.4, -0.2) is 52.6 Å². The molecule has 0 radical (unpaired) electrons. The number of ether oxygens (including phenoxy) is 1. The zero-order chi connectivity index (χ0) is 16.1. The van der Waals surface area contributed by atoms with E-state index in [4.69, 9.17) is 4.74 Å². The molecule has 0 atom stereocenters. The summed E-state index contributed by atoms with van der Waals surface area (Å²) in [5.74, 6) is 0.520. The van der Waals surface area contributed by atoms with Gasteiger partial charge in [0, 0.05) is 36.3 Å². The molecule has 3 rings (SSSR count). The van der Waals surface area contributed by atoms with Gasteiger partial charge >= 0.3 is 0 Å². The number of H-pyrrole nitrogens is 1. The minimum absolute atomic E-state index is 0.0566. The van der Waals surface area contributed by atoms with Crippen LogP contribution in [-0.2, 0) is 4.74 Å². The number of hydrogen-bond donors (Lipinski definition) is 3. The maximum Gasteiger partial charge on any atom is 0.251 e. The Labute approximate surface area is 134 Å². The molecule has 0 bridgehead atoms. The maximum absolute atomic E-state index is 12.3. The van der Waals surface area contributed by atoms with Crippen molar-refractivity contribution in [3.63, 3.8) is 0 Å². The average molecular weight is 316 g/mol. The number of aliphatic hydroxyl groups is 1. The molecule has 7 nitrogen and oxygen atoms in total. The number of rotatable bonds is 5. The van der Waals surface area contributed by atoms with E-state index in [1.807, 2.05) is 12.1 Å². The van der Waals surface area contributed by atoms with Gasteiger partial charge in [-0.2, -0.15) is 5.10 Å². The van der Waals surface area contributed by atoms with Crippen molar-refractivity contribution in [2.75, 3.05) is 26.4 Å². The summed E-state index contributed by atoms with van der Waals surface area (Å²) in [7, 11) is 0. The number of aromatic nitrogens is 3. The third-order valence-corrected chi connectivity index (χ3v) is 4.35. The zero-order valence-electron chi connectivity index (χ0n) is 12.8. The normalized spacial score (nSPS) is 16.9. The van der Waals surface area contributed by atoms with Crippen molar-refractivity contribution in [1.82, 2.24) is 20.5 Å². The SMILES string of the molecule is O=C(NCC1(CO)CCOCC1)c1ccc(-c2ncn[nH]2)cc1. The third kappa shape index (κ3) is 3.57. The summed E-state index contributed by atoms with van der Waals surface area (Å²) in [6.07, 6.45) is 2.96. The predicted octanol–water partition coefficient (Wildman–Crippen LogP) is 0.991. The molecular weight excluding hydrogens is 296 g/mol. The van der Waals surface area contributed by atoms with Gasteiger partial charge < -0.3 is 15.2 Å². The van der Waals surface area contributed by atoms with Crippen LogP contribution in [0.15, 0.2) is 30.6 Å². The summed E-state index contributed by atoms with van der Waals surface area (Å²) in [6, 6.07) is 7.16. The highest BCUT2D eigenvalue weighted by atomic mass is 16.5. The highest BCUT2D eigenvalue weighted by molar-refractivity contribution is 5.94. The second kappa shape index (κ2) is 6.89. The Hall–Kier alpha value is -2.25. The second-order valence-electron chi connectivity index (χ2n) is 5.86. The molecule has 1 saturated heterocycles. The Morgan fingerprint density at radius 2 is 2.04 bits per heavy atom. The van der Waals surface area contributed by atoms with Crippen molar-refractivity contribution >= 4 is 5.91 Å². The number of carbonyl (C=O) groups is 1. The molecule has 0 saturated carbocycles. The molecule has 1 aromatic heterocycles. The summed E-state index contributed by atoms with van der Waals surface area (Å²) in [6.45, 7) is 1.77. The van der Waals surface area contributed by atoms with E-state index < -0.39 is 0 Å². The Balaban J connectivity index is 1.62. The summed E-state index contributed by atoms with van der Waals surface area (Å²) < 4.78 is 5.33. The van der Waals surface area contributed by atoms with E-state index in [1.54, 1.807) is 12.1 Å². The molecule has 2 heterocycles. The van der Waals surface area contributed by atoms with Crippen LogP contribution in [0.2, 0.25) is 0 Å². The largest absolute Gasteiger partial charge is 0.396 e. The van der Waals surface area contributed by atoms with Gasteiger partial charge in [0.25, 0.3) is 5.91 Å². The topological polar surface area (TPSA) is 100 Å². The van der Waals surface area contributed by atoms with Crippen molar-refractivity contribution in [3.05, 3.63) is 36.2 Å². The first-order valence-corrected chi connectivity index (χ1v) is 7.65. The fourth-order valence-corrected chi connectivity index (χ4v) is 2.69. The van der Waals surface area contributed by atoms with Crippen LogP contribution in [0.3, 0.4) is 0 Å². The van der Waals surface area contributed by atoms with Gasteiger partial charge in [0.1, 0.15) is 6.33 Å². The lowest BCUT2D eigenvalue weighted by molar-refractivity contribution is -0.0146. The first kappa shape index (κ1) is 15.6. The minimum Gasteiger partial charge on any atom is -0.396 e. The van der Waals surface area contributed by atoms with Crippen LogP contribution in [0.1, 0.15) is 23.2 Å². The number of nitrogens with zero attached hydrogens (tertiary/aromatic N) is 2. The Morgan fingerprint density at radius 3 is 2.65 bits per heavy atom. The molecular formula is C16H20N4O3. The van der Waals surface area contributed by atoms with E-state index >= 15 is 0 Å². The second-order valence-corrected chi connectivity index (χ2v) is 5.86. The zero-order valence-corrected chi connectivity index (χ0v) is 12.8. The Kier molecular flexibility index (Phi) is 4.68. The van der Waals surface area contributed by atoms with Gasteiger partial charge in [0.15, 0.2) is 5.82 Å². The number of amides is 1. The Bertz CT molecular complexity index is 634. The molecule has 7 heteroatoms. The van der Waals surface area contributed by atoms with E-state index in [2.05, 4.69) is 20.5 Å². The monoisotopic (exact) mass is 316 g/mol. The van der Waals surface area contributed by atoms with Crippen LogP contribution in [0, 0.1) is 5.41 Å². The lowest BCUT2D eigenvalue weighted by Crippen LogP contribution is -2.43. The lowest BCUT2D eigenvalue weighted by Gasteiger charge is -2.35. The third-order valence-electron chi connectivity index (χ3n) is 4.35. The molecule has 0 spiro atoms. The van der Waals surface area contributed by atoms with Gasteiger partial charge in [-0.1, -0.05) is 12.1 Å². The molecule has 1 amide bonds. The number of aromatic amines is 1. The molecule has 0 unspecified atom stereocenters. The van der Waals surface area contributed by atoms with Crippen molar-refractivity contribution in [1.29, 1.82) is 0 Å². The van der Waals surface area contributed by atoms with E-state index in [-0.39, 0.29) is 17.9 Å². The molecule has 0 aliphatic carbocycles. The first-order chi connectivity index (χ1) is 11.2. The number of nitrogens with one attached hydrogen (secondary N) is 2. The maximum atomic E-state index is 12.3. The molecule has 1 aromatic carbocycles. The fourth-order valence-electron chi connectivity index (χ4n) is 2.69. The molecule has 1 aliphatic heterocycles. The van der Waals surface area contributed by atoms with Crippen molar-refractivity contribution < 1.29 is 14.6 Å². The molecule has 1 fully saturated rings. The smallest absolute Gasteiger partial charge is 0.251 e. The van der Waals surface area contributed by atoms with E-state index in [0.717, 1.165) is 18.4 Å². The van der Waals surface area contributed by atoms with Crippen molar-refractivity contribution in [2.45, 2.75) is 12.8 Å². The quantitative estimate of drug-likeness (QED) is 0.764. The number of aliphatic hydroxyl groups excluding tert-OH is 1. The number of carbonyl (C=O) groups excluding carboxylic acids is 1. The van der Waals surface area contributed by atoms with E-state index in [9.17, 15) is 9.90 Å². The van der Waals surface area contributed by atoms with Crippen LogP contribution >= 0.6 is 0 Å². The van der Waals surface area contributed by atoms with Crippen LogP contribution in [0.4, 0.5) is 0 Å². The minimum atomic E-state index is -0.270. The van der Waals surface area contributed by atoms with Gasteiger partial charge in [0.05, 0.1) is 6.61 Å². The summed E-state index contributed by atoms with van der Waals surface area (Å²) in [4.78, 5) is 16.4. The summed E-state index contributed by atoms with van der Waals surface area (Å²) >= 11 is 0. The van der Waals surface area contributed by atoms with Crippen LogP contribution in [0.25, 0.3) is 11.4 Å². The van der Waals surface area contributed by atoms with Crippen molar-refractivity contribution in [2.24, 2.45) is 5.41 Å². The predicted molar refractivity (Wildman–Crippen MR) is 83.7 cm³/mol. The number of hydrogen-bond acceptors (Lipinski definition) is 5. The van der Waals surface area contributed by atoms with E-state index in [1.165, 1.54) is 6.33 Å². The van der Waals surface area contributed by atoms with Gasteiger partial charge in [0.2, 0.25) is 0 Å². The molecule has 3 N–H and O–H groups in total. The molecule has 2 aromatic rings. The van der Waals surface area contributed by atoms with E-state index in [0.29, 0.717) is 31.1 Å². The summed E-state index contributed by atoms with van der Waals surface area (Å²) in [5.41, 5.74) is 1.18. The molecule has 23 heavy (non-hydrogen) atoms. The fraction of sp³-hybridized carbons (Fsp3) is 0.438. The first-order valence-electron chi connectivity index (χ1n) is 7.65. The van der Waals surface area contributed by atoms with Crippen molar-refractivity contribution in [3.8, 4) is 11.4 Å². The van der Waals surface area contributed by atoms with Gasteiger partial charge in [-0.3, -0.25) is 9.89 Å². The number of benzene rings is 1. The molecule has 122 valence electrons. The highest BCUT2D eigenvalue weighted by Crippen LogP contribution is 2.29. The highest BCUT2D eigenvalue weighted by Gasteiger charge is 2.32.